The molecule has 98 valence electrons. The third-order valence-corrected chi connectivity index (χ3v) is 3.97. The van der Waals surface area contributed by atoms with Crippen molar-refractivity contribution in [2.45, 2.75) is 6.42 Å². The molecule has 2 heterocycles. The van der Waals surface area contributed by atoms with Gasteiger partial charge in [-0.1, -0.05) is 12.1 Å². The van der Waals surface area contributed by atoms with Crippen molar-refractivity contribution >= 4 is 27.4 Å². The van der Waals surface area contributed by atoms with Crippen molar-refractivity contribution in [3.05, 3.63) is 53.2 Å². The molecule has 3 aromatic rings. The summed E-state index contributed by atoms with van der Waals surface area (Å²) in [6.45, 7) is 0.777. The summed E-state index contributed by atoms with van der Waals surface area (Å²) in [4.78, 5) is 8.76. The van der Waals surface area contributed by atoms with Gasteiger partial charge < -0.3 is 5.32 Å². The maximum Gasteiger partial charge on any atom is 0.125 e. The van der Waals surface area contributed by atoms with Crippen molar-refractivity contribution in [3.63, 3.8) is 0 Å². The third-order valence-electron chi connectivity index (χ3n) is 2.88. The van der Waals surface area contributed by atoms with Gasteiger partial charge in [0.15, 0.2) is 0 Å². The minimum absolute atomic E-state index is 0.571. The highest BCUT2D eigenvalue weighted by Crippen LogP contribution is 2.21. The van der Waals surface area contributed by atoms with E-state index >= 15 is 0 Å². The Hall–Kier alpha value is -2.45. The number of hydrogen-bond donors (Lipinski definition) is 1. The van der Waals surface area contributed by atoms with Crippen LogP contribution < -0.4 is 5.32 Å². The average molecular weight is 280 g/mol. The second kappa shape index (κ2) is 5.68. The zero-order chi connectivity index (χ0) is 13.8. The van der Waals surface area contributed by atoms with E-state index < -0.39 is 0 Å². The predicted octanol–water partition coefficient (Wildman–Crippen LogP) is 3.22. The first-order valence-corrected chi connectivity index (χ1v) is 7.11. The smallest absolute Gasteiger partial charge is 0.125 e. The van der Waals surface area contributed by atoms with Crippen LogP contribution in [0.1, 0.15) is 10.6 Å². The molecule has 0 bridgehead atoms. The first kappa shape index (κ1) is 12.6. The topological polar surface area (TPSA) is 61.6 Å². The maximum absolute atomic E-state index is 8.71. The molecule has 0 atom stereocenters. The van der Waals surface area contributed by atoms with Gasteiger partial charge in [0.05, 0.1) is 20.8 Å². The number of fused-ring (bicyclic) bond motifs is 1. The fourth-order valence-electron chi connectivity index (χ4n) is 1.89. The van der Waals surface area contributed by atoms with E-state index in [2.05, 4.69) is 27.4 Å². The van der Waals surface area contributed by atoms with Gasteiger partial charge in [0.1, 0.15) is 11.9 Å². The predicted molar refractivity (Wildman–Crippen MR) is 80.8 cm³/mol. The lowest BCUT2D eigenvalue weighted by Gasteiger charge is -2.03. The second-order valence-electron chi connectivity index (χ2n) is 4.30. The molecule has 0 spiro atoms. The van der Waals surface area contributed by atoms with Crippen molar-refractivity contribution in [1.82, 2.24) is 9.97 Å². The standard InChI is InChI=1S/C15H12N4S/c16-9-11-5-6-14(18-10-11)17-8-7-15-19-12-3-1-2-4-13(12)20-15/h1-6,10H,7-8H2,(H,17,18). The van der Waals surface area contributed by atoms with Crippen LogP contribution in [0.5, 0.6) is 0 Å². The molecule has 0 fully saturated rings. The highest BCUT2D eigenvalue weighted by atomic mass is 32.1. The lowest BCUT2D eigenvalue weighted by molar-refractivity contribution is 0.993. The number of aromatic nitrogens is 2. The number of rotatable bonds is 4. The number of hydrogen-bond acceptors (Lipinski definition) is 5. The van der Waals surface area contributed by atoms with Gasteiger partial charge in [0.2, 0.25) is 0 Å². The Morgan fingerprint density at radius 2 is 2.10 bits per heavy atom. The fourth-order valence-corrected chi connectivity index (χ4v) is 2.86. The van der Waals surface area contributed by atoms with Crippen LogP contribution in [0.4, 0.5) is 5.82 Å². The largest absolute Gasteiger partial charge is 0.370 e. The Kier molecular flexibility index (Phi) is 3.57. The normalized spacial score (nSPS) is 10.3. The van der Waals surface area contributed by atoms with Crippen LogP contribution in [0, 0.1) is 11.3 Å². The average Bonchev–Trinajstić information content (AvgIpc) is 2.90. The van der Waals surface area contributed by atoms with Gasteiger partial charge in [0.25, 0.3) is 0 Å². The van der Waals surface area contributed by atoms with E-state index in [0.29, 0.717) is 5.56 Å². The summed E-state index contributed by atoms with van der Waals surface area (Å²) in [6, 6.07) is 13.8. The number of nitrogens with one attached hydrogen (secondary N) is 1. The number of thiazole rings is 1. The van der Waals surface area contributed by atoms with E-state index in [9.17, 15) is 0 Å². The van der Waals surface area contributed by atoms with E-state index in [4.69, 9.17) is 5.26 Å². The molecule has 0 amide bonds. The number of pyridine rings is 1. The summed E-state index contributed by atoms with van der Waals surface area (Å²) >= 11 is 1.72. The molecule has 5 heteroatoms. The van der Waals surface area contributed by atoms with Crippen LogP contribution in [0.3, 0.4) is 0 Å². The van der Waals surface area contributed by atoms with Gasteiger partial charge in [0, 0.05) is 19.2 Å². The van der Waals surface area contributed by atoms with Gasteiger partial charge in [-0.2, -0.15) is 5.26 Å². The molecule has 4 nitrogen and oxygen atoms in total. The van der Waals surface area contributed by atoms with Crippen LogP contribution in [0.2, 0.25) is 0 Å². The summed E-state index contributed by atoms with van der Waals surface area (Å²) < 4.78 is 1.22. The van der Waals surface area contributed by atoms with E-state index in [-0.39, 0.29) is 0 Å². The zero-order valence-corrected chi connectivity index (χ0v) is 11.5. The molecule has 0 aliphatic rings. The molecule has 0 aliphatic heterocycles. The molecule has 0 aliphatic carbocycles. The summed E-state index contributed by atoms with van der Waals surface area (Å²) in [5.74, 6) is 0.783. The highest BCUT2D eigenvalue weighted by Gasteiger charge is 2.03. The molecule has 0 saturated heterocycles. The number of nitriles is 1. The minimum atomic E-state index is 0.571. The van der Waals surface area contributed by atoms with E-state index in [1.54, 1.807) is 23.6 Å². The van der Waals surface area contributed by atoms with Crippen molar-refractivity contribution in [2.75, 3.05) is 11.9 Å². The van der Waals surface area contributed by atoms with E-state index in [0.717, 1.165) is 29.3 Å². The Bertz CT molecular complexity index is 722. The third kappa shape index (κ3) is 2.76. The van der Waals surface area contributed by atoms with Crippen LogP contribution in [-0.2, 0) is 6.42 Å². The Balaban J connectivity index is 1.60. The summed E-state index contributed by atoms with van der Waals surface area (Å²) in [7, 11) is 0. The second-order valence-corrected chi connectivity index (χ2v) is 5.41. The zero-order valence-electron chi connectivity index (χ0n) is 10.7. The van der Waals surface area contributed by atoms with Gasteiger partial charge >= 0.3 is 0 Å². The molecule has 2 aromatic heterocycles. The molecule has 0 saturated carbocycles. The minimum Gasteiger partial charge on any atom is -0.370 e. The van der Waals surface area contributed by atoms with Crippen LogP contribution in [0.15, 0.2) is 42.6 Å². The van der Waals surface area contributed by atoms with Crippen molar-refractivity contribution in [2.24, 2.45) is 0 Å². The molecular weight excluding hydrogens is 268 g/mol. The van der Waals surface area contributed by atoms with Crippen molar-refractivity contribution in [1.29, 1.82) is 5.26 Å². The number of anilines is 1. The maximum atomic E-state index is 8.71. The Morgan fingerprint density at radius 1 is 1.20 bits per heavy atom. The molecule has 3 rings (SSSR count). The van der Waals surface area contributed by atoms with E-state index in [1.165, 1.54) is 4.70 Å². The van der Waals surface area contributed by atoms with Crippen molar-refractivity contribution < 1.29 is 0 Å². The van der Waals surface area contributed by atoms with Gasteiger partial charge in [-0.15, -0.1) is 11.3 Å². The quantitative estimate of drug-likeness (QED) is 0.797. The van der Waals surface area contributed by atoms with Gasteiger partial charge in [-0.3, -0.25) is 0 Å². The van der Waals surface area contributed by atoms with Gasteiger partial charge in [-0.05, 0) is 24.3 Å². The molecule has 0 radical (unpaired) electrons. The fraction of sp³-hybridized carbons (Fsp3) is 0.133. The summed E-state index contributed by atoms with van der Waals surface area (Å²) in [5, 5.41) is 13.1. The number of nitrogens with zero attached hydrogens (tertiary/aromatic N) is 3. The molecule has 0 unspecified atom stereocenters. The summed E-state index contributed by atoms with van der Waals surface area (Å²) in [6.07, 6.45) is 2.43. The summed E-state index contributed by atoms with van der Waals surface area (Å²) in [5.41, 5.74) is 1.63. The lowest BCUT2D eigenvalue weighted by Crippen LogP contribution is -2.05. The van der Waals surface area contributed by atoms with Crippen LogP contribution in [0.25, 0.3) is 10.2 Å². The number of para-hydroxylation sites is 1. The monoisotopic (exact) mass is 280 g/mol. The van der Waals surface area contributed by atoms with Crippen LogP contribution in [-0.4, -0.2) is 16.5 Å². The lowest BCUT2D eigenvalue weighted by atomic mass is 10.3. The first-order chi connectivity index (χ1) is 9.85. The van der Waals surface area contributed by atoms with Crippen molar-refractivity contribution in [3.8, 4) is 6.07 Å². The van der Waals surface area contributed by atoms with Crippen LogP contribution >= 0.6 is 11.3 Å². The Labute approximate surface area is 120 Å². The Morgan fingerprint density at radius 3 is 2.85 bits per heavy atom. The first-order valence-electron chi connectivity index (χ1n) is 6.29. The molecular formula is C15H12N4S. The van der Waals surface area contributed by atoms with E-state index in [1.807, 2.05) is 24.3 Å². The molecule has 1 N–H and O–H groups in total. The SMILES string of the molecule is N#Cc1ccc(NCCc2nc3ccccc3s2)nc1. The highest BCUT2D eigenvalue weighted by molar-refractivity contribution is 7.18. The van der Waals surface area contributed by atoms with Gasteiger partial charge in [-0.25, -0.2) is 9.97 Å². The number of benzene rings is 1. The molecule has 1 aromatic carbocycles. The molecule has 20 heavy (non-hydrogen) atoms.